The number of rotatable bonds is 7. The van der Waals surface area contributed by atoms with Gasteiger partial charge in [-0.15, -0.1) is 0 Å². The Kier molecular flexibility index (Phi) is 6.62. The van der Waals surface area contributed by atoms with Crippen molar-refractivity contribution >= 4 is 23.2 Å². The predicted molar refractivity (Wildman–Crippen MR) is 85.6 cm³/mol. The summed E-state index contributed by atoms with van der Waals surface area (Å²) in [6, 6.07) is 3.02. The summed E-state index contributed by atoms with van der Waals surface area (Å²) in [7, 11) is 3.10. The third kappa shape index (κ3) is 4.17. The van der Waals surface area contributed by atoms with Crippen molar-refractivity contribution < 1.29 is 14.3 Å². The van der Waals surface area contributed by atoms with Crippen molar-refractivity contribution in [3.05, 3.63) is 17.2 Å². The Labute approximate surface area is 131 Å². The number of hydrogen-bond donors (Lipinski definition) is 1. The molecule has 1 rings (SSSR count). The molecule has 5 nitrogen and oxygen atoms in total. The second-order valence-corrected chi connectivity index (χ2v) is 4.97. The molecule has 1 aromatic carbocycles. The number of anilines is 1. The molecule has 0 aliphatic heterocycles. The molecule has 1 aromatic rings. The largest absolute Gasteiger partial charge is 0.495 e. The first-order valence-corrected chi connectivity index (χ1v) is 7.33. The van der Waals surface area contributed by atoms with Crippen LogP contribution in [-0.2, 0) is 4.79 Å². The summed E-state index contributed by atoms with van der Waals surface area (Å²) in [6.07, 6.45) is 0. The molecular formula is C15H23ClN2O3. The van der Waals surface area contributed by atoms with E-state index in [4.69, 9.17) is 21.1 Å². The second kappa shape index (κ2) is 7.98. The predicted octanol–water partition coefficient (Wildman–Crippen LogP) is 3.03. The van der Waals surface area contributed by atoms with Gasteiger partial charge in [0, 0.05) is 19.2 Å². The Bertz CT molecular complexity index is 490. The summed E-state index contributed by atoms with van der Waals surface area (Å²) < 4.78 is 10.5. The normalized spacial score (nSPS) is 11.7. The van der Waals surface area contributed by atoms with Gasteiger partial charge in [-0.25, -0.2) is 0 Å². The molecule has 0 saturated carbocycles. The van der Waals surface area contributed by atoms with Crippen molar-refractivity contribution in [2.24, 2.45) is 0 Å². The monoisotopic (exact) mass is 314 g/mol. The zero-order chi connectivity index (χ0) is 16.0. The molecular weight excluding hydrogens is 292 g/mol. The molecule has 0 spiro atoms. The number of hydrogen-bond acceptors (Lipinski definition) is 4. The number of carbonyl (C=O) groups excluding carboxylic acids is 1. The summed E-state index contributed by atoms with van der Waals surface area (Å²) in [5, 5.41) is 3.61. The van der Waals surface area contributed by atoms with E-state index in [1.165, 1.54) is 0 Å². The number of methoxy groups -OCH3 is 2. The van der Waals surface area contributed by atoms with Gasteiger partial charge in [-0.3, -0.25) is 4.79 Å². The van der Waals surface area contributed by atoms with Gasteiger partial charge in [0.1, 0.15) is 17.5 Å². The Balaban J connectivity index is 2.96. The quantitative estimate of drug-likeness (QED) is 0.840. The van der Waals surface area contributed by atoms with Gasteiger partial charge in [0.25, 0.3) is 0 Å². The van der Waals surface area contributed by atoms with Gasteiger partial charge >= 0.3 is 0 Å². The van der Waals surface area contributed by atoms with E-state index in [9.17, 15) is 4.79 Å². The maximum atomic E-state index is 12.3. The van der Waals surface area contributed by atoms with Gasteiger partial charge in [-0.1, -0.05) is 11.6 Å². The maximum Gasteiger partial charge on any atom is 0.244 e. The zero-order valence-corrected chi connectivity index (χ0v) is 14.0. The van der Waals surface area contributed by atoms with Crippen LogP contribution in [0.2, 0.25) is 5.02 Å². The summed E-state index contributed by atoms with van der Waals surface area (Å²) >= 11 is 6.12. The molecule has 0 radical (unpaired) electrons. The Morgan fingerprint density at radius 1 is 1.24 bits per heavy atom. The Morgan fingerprint density at radius 3 is 2.29 bits per heavy atom. The third-order valence-electron chi connectivity index (χ3n) is 3.29. The zero-order valence-electron chi connectivity index (χ0n) is 13.2. The molecule has 0 bridgehead atoms. The highest BCUT2D eigenvalue weighted by Crippen LogP contribution is 2.36. The van der Waals surface area contributed by atoms with Crippen molar-refractivity contribution in [2.75, 3.05) is 32.6 Å². The highest BCUT2D eigenvalue weighted by Gasteiger charge is 2.20. The Hall–Kier alpha value is -1.62. The van der Waals surface area contributed by atoms with E-state index in [0.29, 0.717) is 35.3 Å². The van der Waals surface area contributed by atoms with Crippen LogP contribution >= 0.6 is 11.6 Å². The van der Waals surface area contributed by atoms with E-state index in [2.05, 4.69) is 5.32 Å². The number of ether oxygens (including phenoxy) is 2. The average Bonchev–Trinajstić information content (AvgIpc) is 2.48. The number of amides is 1. The number of carbonyl (C=O) groups is 1. The molecule has 0 aliphatic carbocycles. The molecule has 1 atom stereocenters. The van der Waals surface area contributed by atoms with Crippen LogP contribution in [0.5, 0.6) is 11.5 Å². The van der Waals surface area contributed by atoms with Crippen LogP contribution in [-0.4, -0.2) is 44.2 Å². The van der Waals surface area contributed by atoms with Gasteiger partial charge in [-0.05, 0) is 26.8 Å². The van der Waals surface area contributed by atoms with Crippen molar-refractivity contribution in [3.63, 3.8) is 0 Å². The highest BCUT2D eigenvalue weighted by atomic mass is 35.5. The van der Waals surface area contributed by atoms with Gasteiger partial charge in [-0.2, -0.15) is 0 Å². The number of nitrogens with one attached hydrogen (secondary N) is 1. The topological polar surface area (TPSA) is 50.8 Å². The fourth-order valence-corrected chi connectivity index (χ4v) is 2.32. The molecule has 0 saturated heterocycles. The van der Waals surface area contributed by atoms with Crippen molar-refractivity contribution in [1.29, 1.82) is 0 Å². The van der Waals surface area contributed by atoms with Crippen LogP contribution < -0.4 is 14.8 Å². The van der Waals surface area contributed by atoms with Gasteiger partial charge < -0.3 is 19.7 Å². The number of nitrogens with zero attached hydrogens (tertiary/aromatic N) is 1. The smallest absolute Gasteiger partial charge is 0.244 e. The van der Waals surface area contributed by atoms with Crippen molar-refractivity contribution in [1.82, 2.24) is 4.90 Å². The molecule has 0 heterocycles. The van der Waals surface area contributed by atoms with Crippen LogP contribution in [0.25, 0.3) is 0 Å². The molecule has 0 aromatic heterocycles. The summed E-state index contributed by atoms with van der Waals surface area (Å²) in [6.45, 7) is 7.10. The SMILES string of the molecule is CCN(CC)C(=O)C(C)Nc1cc(Cl)c(OC)cc1OC. The van der Waals surface area contributed by atoms with E-state index in [1.807, 2.05) is 20.8 Å². The molecule has 1 N–H and O–H groups in total. The van der Waals surface area contributed by atoms with Gasteiger partial charge in [0.15, 0.2) is 0 Å². The number of benzene rings is 1. The van der Waals surface area contributed by atoms with Crippen LogP contribution in [0.15, 0.2) is 12.1 Å². The minimum absolute atomic E-state index is 0.0361. The molecule has 0 aliphatic rings. The lowest BCUT2D eigenvalue weighted by Gasteiger charge is -2.25. The summed E-state index contributed by atoms with van der Waals surface area (Å²) in [5.74, 6) is 1.14. The second-order valence-electron chi connectivity index (χ2n) is 4.56. The first kappa shape index (κ1) is 17.4. The lowest BCUT2D eigenvalue weighted by molar-refractivity contribution is -0.131. The molecule has 1 amide bonds. The molecule has 0 fully saturated rings. The summed E-state index contributed by atoms with van der Waals surface area (Å²) in [4.78, 5) is 14.1. The van der Waals surface area contributed by atoms with E-state index < -0.39 is 0 Å². The maximum absolute atomic E-state index is 12.3. The minimum Gasteiger partial charge on any atom is -0.495 e. The molecule has 1 unspecified atom stereocenters. The van der Waals surface area contributed by atoms with Crippen LogP contribution in [0, 0.1) is 0 Å². The lowest BCUT2D eigenvalue weighted by atomic mass is 10.2. The van der Waals surface area contributed by atoms with Crippen LogP contribution in [0.1, 0.15) is 20.8 Å². The van der Waals surface area contributed by atoms with E-state index in [-0.39, 0.29) is 11.9 Å². The van der Waals surface area contributed by atoms with E-state index in [0.717, 1.165) is 0 Å². The van der Waals surface area contributed by atoms with Crippen LogP contribution in [0.4, 0.5) is 5.69 Å². The van der Waals surface area contributed by atoms with Gasteiger partial charge in [0.05, 0.1) is 24.9 Å². The highest BCUT2D eigenvalue weighted by molar-refractivity contribution is 6.32. The number of likely N-dealkylation sites (N-methyl/N-ethyl adjacent to an activating group) is 1. The Morgan fingerprint density at radius 2 is 1.81 bits per heavy atom. The van der Waals surface area contributed by atoms with Crippen molar-refractivity contribution in [2.45, 2.75) is 26.8 Å². The average molecular weight is 315 g/mol. The standard InChI is InChI=1S/C15H23ClN2O3/c1-6-18(7-2)15(19)10(3)17-12-8-11(16)13(20-4)9-14(12)21-5/h8-10,17H,6-7H2,1-5H3. The minimum atomic E-state index is -0.372. The molecule has 21 heavy (non-hydrogen) atoms. The van der Waals surface area contributed by atoms with Crippen molar-refractivity contribution in [3.8, 4) is 11.5 Å². The van der Waals surface area contributed by atoms with Gasteiger partial charge in [0.2, 0.25) is 5.91 Å². The summed E-state index contributed by atoms with van der Waals surface area (Å²) in [5.41, 5.74) is 0.663. The fourth-order valence-electron chi connectivity index (χ4n) is 2.08. The number of halogens is 1. The van der Waals surface area contributed by atoms with E-state index in [1.54, 1.807) is 31.3 Å². The first-order valence-electron chi connectivity index (χ1n) is 6.95. The fraction of sp³-hybridized carbons (Fsp3) is 0.533. The first-order chi connectivity index (χ1) is 9.98. The molecule has 6 heteroatoms. The van der Waals surface area contributed by atoms with E-state index >= 15 is 0 Å². The lowest BCUT2D eigenvalue weighted by Crippen LogP contribution is -2.41. The molecule has 118 valence electrons. The van der Waals surface area contributed by atoms with Crippen LogP contribution in [0.3, 0.4) is 0 Å². The third-order valence-corrected chi connectivity index (χ3v) is 3.59.